The van der Waals surface area contributed by atoms with Crippen LogP contribution in [0.4, 0.5) is 0 Å². The first-order valence-corrected chi connectivity index (χ1v) is 13.2. The zero-order valence-electron chi connectivity index (χ0n) is 17.0. The van der Waals surface area contributed by atoms with Crippen LogP contribution in [0.25, 0.3) is 0 Å². The smallest absolute Gasteiger partial charge is 0.0130 e. The van der Waals surface area contributed by atoms with E-state index in [1.807, 2.05) is 5.30 Å². The van der Waals surface area contributed by atoms with Crippen LogP contribution in [0.15, 0.2) is 24.3 Å². The summed E-state index contributed by atoms with van der Waals surface area (Å²) in [5.74, 6) is 1.73. The monoisotopic (exact) mass is 370 g/mol. The van der Waals surface area contributed by atoms with Gasteiger partial charge in [-0.2, -0.15) is 0 Å². The minimum atomic E-state index is 0.0433. The van der Waals surface area contributed by atoms with Crippen molar-refractivity contribution in [1.29, 1.82) is 0 Å². The highest BCUT2D eigenvalue weighted by atomic mass is 31.1. The van der Waals surface area contributed by atoms with Gasteiger partial charge in [-0.15, -0.1) is 0 Å². The second-order valence-corrected chi connectivity index (χ2v) is 12.2. The minimum absolute atomic E-state index is 0.0433. The van der Waals surface area contributed by atoms with Gasteiger partial charge >= 0.3 is 0 Å². The molecule has 0 heterocycles. The van der Waals surface area contributed by atoms with Gasteiger partial charge in [0.25, 0.3) is 0 Å². The maximum Gasteiger partial charge on any atom is -0.0130 e. The van der Waals surface area contributed by atoms with Crippen LogP contribution >= 0.6 is 7.92 Å². The lowest BCUT2D eigenvalue weighted by Crippen LogP contribution is -2.30. The van der Waals surface area contributed by atoms with Crippen LogP contribution in [0, 0.1) is 5.92 Å². The highest BCUT2D eigenvalue weighted by Crippen LogP contribution is 2.56. The zero-order chi connectivity index (χ0) is 17.8. The Morgan fingerprint density at radius 2 is 1.19 bits per heavy atom. The predicted molar refractivity (Wildman–Crippen MR) is 117 cm³/mol. The summed E-state index contributed by atoms with van der Waals surface area (Å²) in [4.78, 5) is 0. The van der Waals surface area contributed by atoms with Crippen LogP contribution in [0.5, 0.6) is 0 Å². The number of rotatable bonds is 4. The molecule has 0 saturated heterocycles. The molecule has 1 heteroatoms. The van der Waals surface area contributed by atoms with E-state index in [1.54, 1.807) is 5.56 Å². The largest absolute Gasteiger partial charge is 0.0686 e. The molecule has 26 heavy (non-hydrogen) atoms. The van der Waals surface area contributed by atoms with E-state index in [9.17, 15) is 0 Å². The fraction of sp³-hybridized carbons (Fsp3) is 0.760. The van der Waals surface area contributed by atoms with Gasteiger partial charge in [0, 0.05) is 0 Å². The number of benzene rings is 1. The van der Waals surface area contributed by atoms with Gasteiger partial charge in [-0.3, -0.25) is 0 Å². The van der Waals surface area contributed by atoms with Gasteiger partial charge in [0.1, 0.15) is 0 Å². The molecule has 3 saturated carbocycles. The van der Waals surface area contributed by atoms with E-state index in [1.165, 1.54) is 89.9 Å². The fourth-order valence-electron chi connectivity index (χ4n) is 6.22. The third kappa shape index (κ3) is 4.22. The molecule has 0 nitrogen and oxygen atoms in total. The summed E-state index contributed by atoms with van der Waals surface area (Å²) in [7, 11) is 0.0433. The summed E-state index contributed by atoms with van der Waals surface area (Å²) < 4.78 is 0. The topological polar surface area (TPSA) is 0 Å². The van der Waals surface area contributed by atoms with Crippen LogP contribution < -0.4 is 5.30 Å². The van der Waals surface area contributed by atoms with Gasteiger partial charge in [-0.1, -0.05) is 96.9 Å². The molecule has 0 radical (unpaired) electrons. The van der Waals surface area contributed by atoms with Gasteiger partial charge in [0.15, 0.2) is 0 Å². The molecule has 0 N–H and O–H groups in total. The van der Waals surface area contributed by atoms with Crippen molar-refractivity contribution in [3.8, 4) is 0 Å². The van der Waals surface area contributed by atoms with Crippen LogP contribution in [0.1, 0.15) is 108 Å². The van der Waals surface area contributed by atoms with Crippen molar-refractivity contribution in [3.05, 3.63) is 29.8 Å². The molecule has 1 aromatic carbocycles. The molecular weight excluding hydrogens is 331 g/mol. The highest BCUT2D eigenvalue weighted by molar-refractivity contribution is 7.67. The zero-order valence-corrected chi connectivity index (χ0v) is 17.9. The summed E-state index contributed by atoms with van der Waals surface area (Å²) in [6.07, 6.45) is 20.9. The molecule has 2 unspecified atom stereocenters. The summed E-state index contributed by atoms with van der Waals surface area (Å²) in [6, 6.07) is 9.84. The molecule has 4 rings (SSSR count). The fourth-order valence-corrected chi connectivity index (χ4v) is 10.2. The Morgan fingerprint density at radius 3 is 1.81 bits per heavy atom. The van der Waals surface area contributed by atoms with Gasteiger partial charge in [-0.25, -0.2) is 0 Å². The lowest BCUT2D eigenvalue weighted by molar-refractivity contribution is 0.331. The van der Waals surface area contributed by atoms with Crippen molar-refractivity contribution >= 4 is 13.2 Å². The van der Waals surface area contributed by atoms with Crippen molar-refractivity contribution in [2.45, 2.75) is 114 Å². The molecule has 3 aliphatic carbocycles. The van der Waals surface area contributed by atoms with E-state index in [0.717, 1.165) is 23.2 Å². The standard InChI is InChI=1S/C25H39P/c1-20-12-8-9-17-23(20)24-18-10-11-19-25(24)26(21-13-4-2-5-14-21)22-15-6-3-7-16-22/h10-11,18-23H,2-9,12-17H2,1H3. The summed E-state index contributed by atoms with van der Waals surface area (Å²) in [5, 5.41) is 1.86. The third-order valence-corrected chi connectivity index (χ3v) is 11.2. The van der Waals surface area contributed by atoms with E-state index in [2.05, 4.69) is 31.2 Å². The van der Waals surface area contributed by atoms with Gasteiger partial charge < -0.3 is 0 Å². The lowest BCUT2D eigenvalue weighted by Gasteiger charge is -2.41. The van der Waals surface area contributed by atoms with E-state index >= 15 is 0 Å². The molecule has 1 aromatic rings. The molecular formula is C25H39P. The highest BCUT2D eigenvalue weighted by Gasteiger charge is 2.35. The Labute approximate surface area is 163 Å². The van der Waals surface area contributed by atoms with Crippen LogP contribution in [-0.2, 0) is 0 Å². The molecule has 0 spiro atoms. The molecule has 0 bridgehead atoms. The van der Waals surface area contributed by atoms with Crippen molar-refractivity contribution in [2.75, 3.05) is 0 Å². The van der Waals surface area contributed by atoms with Gasteiger partial charge in [-0.05, 0) is 66.1 Å². The first kappa shape index (κ1) is 19.0. The third-order valence-electron chi connectivity index (χ3n) is 7.66. The molecule has 3 fully saturated rings. The predicted octanol–water partition coefficient (Wildman–Crippen LogP) is 7.75. The minimum Gasteiger partial charge on any atom is -0.0686 e. The first-order valence-electron chi connectivity index (χ1n) is 11.7. The quantitative estimate of drug-likeness (QED) is 0.475. The summed E-state index contributed by atoms with van der Waals surface area (Å²) in [5.41, 5.74) is 3.85. The first-order chi connectivity index (χ1) is 12.8. The Hall–Kier alpha value is -0.350. The second kappa shape index (κ2) is 9.23. The van der Waals surface area contributed by atoms with Crippen molar-refractivity contribution in [1.82, 2.24) is 0 Å². The number of hydrogen-bond donors (Lipinski definition) is 0. The van der Waals surface area contributed by atoms with E-state index in [0.29, 0.717) is 0 Å². The van der Waals surface area contributed by atoms with E-state index in [4.69, 9.17) is 0 Å². The Balaban J connectivity index is 1.68. The number of hydrogen-bond acceptors (Lipinski definition) is 0. The average Bonchev–Trinajstić information content (AvgIpc) is 2.71. The van der Waals surface area contributed by atoms with Crippen molar-refractivity contribution < 1.29 is 0 Å². The normalized spacial score (nSPS) is 29.2. The van der Waals surface area contributed by atoms with Gasteiger partial charge in [0.2, 0.25) is 0 Å². The van der Waals surface area contributed by atoms with Crippen molar-refractivity contribution in [3.63, 3.8) is 0 Å². The molecule has 0 aliphatic heterocycles. The average molecular weight is 371 g/mol. The van der Waals surface area contributed by atoms with Crippen LogP contribution in [0.2, 0.25) is 0 Å². The molecule has 2 atom stereocenters. The van der Waals surface area contributed by atoms with E-state index < -0.39 is 0 Å². The second-order valence-electron chi connectivity index (χ2n) is 9.42. The molecule has 0 amide bonds. The maximum absolute atomic E-state index is 2.59. The van der Waals surface area contributed by atoms with Crippen molar-refractivity contribution in [2.24, 2.45) is 5.92 Å². The van der Waals surface area contributed by atoms with Crippen LogP contribution in [0.3, 0.4) is 0 Å². The SMILES string of the molecule is CC1CCCCC1c1ccccc1P(C1CCCCC1)C1CCCCC1. The molecule has 144 valence electrons. The maximum atomic E-state index is 2.59. The van der Waals surface area contributed by atoms with Gasteiger partial charge in [0.05, 0.1) is 0 Å². The molecule has 3 aliphatic rings. The summed E-state index contributed by atoms with van der Waals surface area (Å²) >= 11 is 0. The summed E-state index contributed by atoms with van der Waals surface area (Å²) in [6.45, 7) is 2.53. The Morgan fingerprint density at radius 1 is 0.654 bits per heavy atom. The van der Waals surface area contributed by atoms with E-state index in [-0.39, 0.29) is 7.92 Å². The lowest BCUT2D eigenvalue weighted by atomic mass is 9.76. The Kier molecular flexibility index (Phi) is 6.74. The Bertz CT molecular complexity index is 535. The van der Waals surface area contributed by atoms with Crippen LogP contribution in [-0.4, -0.2) is 11.3 Å². The molecule has 0 aromatic heterocycles.